The van der Waals surface area contributed by atoms with Gasteiger partial charge in [0.1, 0.15) is 21.7 Å². The number of thioether (sulfide) groups is 1. The number of carbonyl (C=O) groups is 2. The maximum atomic E-state index is 14.0. The summed E-state index contributed by atoms with van der Waals surface area (Å²) in [5, 5.41) is 3.40. The highest BCUT2D eigenvalue weighted by molar-refractivity contribution is 7.99. The predicted octanol–water partition coefficient (Wildman–Crippen LogP) is 4.72. The van der Waals surface area contributed by atoms with Crippen molar-refractivity contribution in [3.63, 3.8) is 0 Å². The number of thiazole rings is 1. The Morgan fingerprint density at radius 1 is 1.17 bits per heavy atom. The quantitative estimate of drug-likeness (QED) is 0.636. The normalized spacial score (nSPS) is 16.0. The Labute approximate surface area is 182 Å². The summed E-state index contributed by atoms with van der Waals surface area (Å²) < 4.78 is 14.0. The smallest absolute Gasteiger partial charge is 0.266 e. The van der Waals surface area contributed by atoms with Crippen LogP contribution in [0.1, 0.15) is 20.8 Å². The molecule has 1 aliphatic rings. The molecule has 1 saturated heterocycles. The second-order valence-corrected chi connectivity index (χ2v) is 9.07. The average Bonchev–Trinajstić information content (AvgIpc) is 3.41. The summed E-state index contributed by atoms with van der Waals surface area (Å²) in [6.45, 7) is 3.95. The molecule has 1 N–H and O–H groups in total. The number of aryl methyl sites for hydroxylation is 1. The van der Waals surface area contributed by atoms with Crippen LogP contribution < -0.4 is 5.32 Å². The summed E-state index contributed by atoms with van der Waals surface area (Å²) in [5.41, 5.74) is 3.21. The monoisotopic (exact) mass is 441 g/mol. The van der Waals surface area contributed by atoms with Gasteiger partial charge in [-0.05, 0) is 43.2 Å². The molecule has 30 heavy (non-hydrogen) atoms. The van der Waals surface area contributed by atoms with Crippen molar-refractivity contribution in [1.29, 1.82) is 0 Å². The van der Waals surface area contributed by atoms with Crippen molar-refractivity contribution in [3.8, 4) is 10.6 Å². The number of anilines is 1. The Bertz CT molecular complexity index is 1120. The SMILES string of the molecule is Cc1cccc(NC(=O)[C@H]2CSCN2C(=O)c2cnc(-c3ccccc3F)s2)c1C. The molecular weight excluding hydrogens is 421 g/mol. The van der Waals surface area contributed by atoms with Crippen LogP contribution in [0.15, 0.2) is 48.7 Å². The highest BCUT2D eigenvalue weighted by atomic mass is 32.2. The van der Waals surface area contributed by atoms with Crippen molar-refractivity contribution < 1.29 is 14.0 Å². The van der Waals surface area contributed by atoms with E-state index < -0.39 is 6.04 Å². The van der Waals surface area contributed by atoms with E-state index in [-0.39, 0.29) is 17.6 Å². The number of carbonyl (C=O) groups excluding carboxylic acids is 2. The third-order valence-corrected chi connectivity index (χ3v) is 7.16. The fraction of sp³-hybridized carbons (Fsp3) is 0.227. The van der Waals surface area contributed by atoms with Gasteiger partial charge in [-0.1, -0.05) is 24.3 Å². The number of benzene rings is 2. The zero-order valence-corrected chi connectivity index (χ0v) is 18.1. The highest BCUT2D eigenvalue weighted by Gasteiger charge is 2.36. The molecule has 1 fully saturated rings. The number of rotatable bonds is 4. The van der Waals surface area contributed by atoms with E-state index in [2.05, 4.69) is 10.3 Å². The van der Waals surface area contributed by atoms with Crippen LogP contribution in [-0.4, -0.2) is 39.4 Å². The Morgan fingerprint density at radius 3 is 2.77 bits per heavy atom. The van der Waals surface area contributed by atoms with E-state index in [0.717, 1.165) is 28.2 Å². The third-order valence-electron chi connectivity index (χ3n) is 5.13. The molecule has 2 heterocycles. The van der Waals surface area contributed by atoms with Gasteiger partial charge in [0.05, 0.1) is 12.1 Å². The van der Waals surface area contributed by atoms with Gasteiger partial charge < -0.3 is 10.2 Å². The molecule has 154 valence electrons. The van der Waals surface area contributed by atoms with Crippen LogP contribution in [-0.2, 0) is 4.79 Å². The van der Waals surface area contributed by atoms with Gasteiger partial charge in [0, 0.05) is 17.0 Å². The van der Waals surface area contributed by atoms with Gasteiger partial charge in [0.2, 0.25) is 5.91 Å². The molecule has 0 radical (unpaired) electrons. The highest BCUT2D eigenvalue weighted by Crippen LogP contribution is 2.31. The van der Waals surface area contributed by atoms with E-state index in [0.29, 0.717) is 27.1 Å². The first-order valence-corrected chi connectivity index (χ1v) is 11.4. The third kappa shape index (κ3) is 3.97. The number of amides is 2. The van der Waals surface area contributed by atoms with Crippen LogP contribution >= 0.6 is 23.1 Å². The van der Waals surface area contributed by atoms with E-state index in [1.165, 1.54) is 24.0 Å². The van der Waals surface area contributed by atoms with Gasteiger partial charge in [0.15, 0.2) is 0 Å². The molecule has 1 aliphatic heterocycles. The van der Waals surface area contributed by atoms with E-state index in [1.54, 1.807) is 23.1 Å². The minimum Gasteiger partial charge on any atom is -0.324 e. The second kappa shape index (κ2) is 8.57. The lowest BCUT2D eigenvalue weighted by Crippen LogP contribution is -2.44. The fourth-order valence-electron chi connectivity index (χ4n) is 3.24. The molecule has 0 spiro atoms. The molecule has 8 heteroatoms. The molecule has 1 atom stereocenters. The van der Waals surface area contributed by atoms with Gasteiger partial charge >= 0.3 is 0 Å². The lowest BCUT2D eigenvalue weighted by atomic mass is 10.1. The average molecular weight is 442 g/mol. The molecule has 4 rings (SSSR count). The molecule has 1 aromatic heterocycles. The first-order chi connectivity index (χ1) is 14.5. The summed E-state index contributed by atoms with van der Waals surface area (Å²) in [4.78, 5) is 32.2. The maximum absolute atomic E-state index is 14.0. The Hall–Kier alpha value is -2.71. The number of nitrogens with zero attached hydrogens (tertiary/aromatic N) is 2. The van der Waals surface area contributed by atoms with Crippen molar-refractivity contribution in [2.45, 2.75) is 19.9 Å². The first-order valence-electron chi connectivity index (χ1n) is 9.42. The van der Waals surface area contributed by atoms with E-state index >= 15 is 0 Å². The van der Waals surface area contributed by atoms with Crippen LogP contribution in [0.2, 0.25) is 0 Å². The summed E-state index contributed by atoms with van der Waals surface area (Å²) in [7, 11) is 0. The predicted molar refractivity (Wildman–Crippen MR) is 119 cm³/mol. The summed E-state index contributed by atoms with van der Waals surface area (Å²) >= 11 is 2.67. The van der Waals surface area contributed by atoms with Gasteiger partial charge in [0.25, 0.3) is 5.91 Å². The van der Waals surface area contributed by atoms with Gasteiger partial charge in [-0.3, -0.25) is 9.59 Å². The van der Waals surface area contributed by atoms with Crippen molar-refractivity contribution in [3.05, 3.63) is 70.5 Å². The van der Waals surface area contributed by atoms with Gasteiger partial charge in [-0.15, -0.1) is 23.1 Å². The van der Waals surface area contributed by atoms with Gasteiger partial charge in [-0.2, -0.15) is 0 Å². The maximum Gasteiger partial charge on any atom is 0.266 e. The van der Waals surface area contributed by atoms with E-state index in [1.807, 2.05) is 32.0 Å². The van der Waals surface area contributed by atoms with E-state index in [4.69, 9.17) is 0 Å². The van der Waals surface area contributed by atoms with Crippen molar-refractivity contribution in [1.82, 2.24) is 9.88 Å². The van der Waals surface area contributed by atoms with Crippen LogP contribution in [0, 0.1) is 19.7 Å². The summed E-state index contributed by atoms with van der Waals surface area (Å²) in [6, 6.07) is 11.5. The number of halogens is 1. The molecular formula is C22H20FN3O2S2. The molecule has 0 bridgehead atoms. The molecule has 5 nitrogen and oxygen atoms in total. The Kier molecular flexibility index (Phi) is 5.87. The number of aromatic nitrogens is 1. The number of hydrogen-bond acceptors (Lipinski definition) is 5. The van der Waals surface area contributed by atoms with Crippen molar-refractivity contribution in [2.75, 3.05) is 16.9 Å². The number of nitrogens with one attached hydrogen (secondary N) is 1. The lowest BCUT2D eigenvalue weighted by molar-refractivity contribution is -0.119. The van der Waals surface area contributed by atoms with Crippen molar-refractivity contribution >= 4 is 40.6 Å². The lowest BCUT2D eigenvalue weighted by Gasteiger charge is -2.23. The largest absolute Gasteiger partial charge is 0.324 e. The van der Waals surface area contributed by atoms with Crippen LogP contribution in [0.4, 0.5) is 10.1 Å². The van der Waals surface area contributed by atoms with Gasteiger partial charge in [-0.25, -0.2) is 9.37 Å². The van der Waals surface area contributed by atoms with Crippen LogP contribution in [0.5, 0.6) is 0 Å². The zero-order valence-electron chi connectivity index (χ0n) is 16.5. The molecule has 2 amide bonds. The fourth-order valence-corrected chi connectivity index (χ4v) is 5.29. The van der Waals surface area contributed by atoms with Crippen LogP contribution in [0.25, 0.3) is 10.6 Å². The molecule has 2 aromatic carbocycles. The second-order valence-electron chi connectivity index (χ2n) is 7.04. The standard InChI is InChI=1S/C22H20FN3O2S2/c1-13-6-5-9-17(14(13)2)25-20(27)18-11-29-12-26(18)22(28)19-10-24-21(30-19)15-7-3-4-8-16(15)23/h3-10,18H,11-12H2,1-2H3,(H,25,27)/t18-/m1/s1. The molecule has 3 aromatic rings. The molecule has 0 unspecified atom stereocenters. The molecule has 0 saturated carbocycles. The summed E-state index contributed by atoms with van der Waals surface area (Å²) in [5.74, 6) is 0.105. The van der Waals surface area contributed by atoms with E-state index in [9.17, 15) is 14.0 Å². The summed E-state index contributed by atoms with van der Waals surface area (Å²) in [6.07, 6.45) is 1.46. The Morgan fingerprint density at radius 2 is 1.97 bits per heavy atom. The number of hydrogen-bond donors (Lipinski definition) is 1. The first kappa shape index (κ1) is 20.6. The van der Waals surface area contributed by atoms with Crippen LogP contribution in [0.3, 0.4) is 0 Å². The topological polar surface area (TPSA) is 62.3 Å². The zero-order chi connectivity index (χ0) is 21.3. The van der Waals surface area contributed by atoms with Crippen molar-refractivity contribution in [2.24, 2.45) is 0 Å². The molecule has 0 aliphatic carbocycles. The minimum atomic E-state index is -0.568. The minimum absolute atomic E-state index is 0.208. The Balaban J connectivity index is 1.52.